The maximum absolute atomic E-state index is 14.1. The number of aliphatic hydroxyl groups excluding tert-OH is 2. The average molecular weight is 897 g/mol. The Kier molecular flexibility index (Phi) is 23.1. The van der Waals surface area contributed by atoms with Crippen molar-refractivity contribution in [1.29, 1.82) is 0 Å². The maximum Gasteiger partial charge on any atom is 0.440 e. The molecule has 0 aliphatic carbocycles. The molecular weight excluding hydrogens is 831 g/mol. The molecule has 1 aliphatic heterocycles. The fourth-order valence-corrected chi connectivity index (χ4v) is 8.45. The second kappa shape index (κ2) is 28.4. The van der Waals surface area contributed by atoms with Gasteiger partial charge in [-0.2, -0.15) is 0 Å². The third-order valence-corrected chi connectivity index (χ3v) is 12.2. The molecule has 1 saturated heterocycles. The van der Waals surface area contributed by atoms with E-state index >= 15 is 0 Å². The Labute approximate surface area is 371 Å². The molecule has 2 unspecified atom stereocenters. The fraction of sp³-hybridized carbons (Fsp3) is 0.542. The van der Waals surface area contributed by atoms with Gasteiger partial charge in [-0.1, -0.05) is 158 Å². The SMILES string of the molecule is CCCCCCCCCCCCCCCCCCOP(=O)(OC(O)[C@H]1O[C@H](O)[C@H](OC(=O)c2ccccc2)[C@@H](OC(=O)c2ccccc2)[C@@H]1OC(=O)c1ccccc1)C(=O)OCC. The Balaban J connectivity index is 1.44. The average Bonchev–Trinajstić information content (AvgIpc) is 3.30. The molecule has 1 fully saturated rings. The van der Waals surface area contributed by atoms with Crippen molar-refractivity contribution in [3.8, 4) is 0 Å². The second-order valence-electron chi connectivity index (χ2n) is 15.5. The number of benzene rings is 3. The highest BCUT2D eigenvalue weighted by molar-refractivity contribution is 7.71. The summed E-state index contributed by atoms with van der Waals surface area (Å²) in [6, 6.07) is 23.1. The Bertz CT molecular complexity index is 1830. The number of rotatable bonds is 29. The van der Waals surface area contributed by atoms with Gasteiger partial charge in [-0.25, -0.2) is 23.7 Å². The van der Waals surface area contributed by atoms with Gasteiger partial charge in [-0.15, -0.1) is 0 Å². The van der Waals surface area contributed by atoms with Gasteiger partial charge in [0, 0.05) is 0 Å². The van der Waals surface area contributed by atoms with Crippen LogP contribution < -0.4 is 0 Å². The molecule has 0 radical (unpaired) electrons. The largest absolute Gasteiger partial charge is 0.457 e. The number of hydrogen-bond acceptors (Lipinski definition) is 14. The minimum absolute atomic E-state index is 0.0306. The van der Waals surface area contributed by atoms with Crippen LogP contribution in [0, 0.1) is 0 Å². The lowest BCUT2D eigenvalue weighted by molar-refractivity contribution is -0.311. The van der Waals surface area contributed by atoms with Gasteiger partial charge >= 0.3 is 31.2 Å². The fourth-order valence-electron chi connectivity index (χ4n) is 7.14. The van der Waals surface area contributed by atoms with E-state index in [2.05, 4.69) is 6.92 Å². The molecule has 1 aliphatic rings. The third-order valence-electron chi connectivity index (χ3n) is 10.6. The Morgan fingerprint density at radius 1 is 0.571 bits per heavy atom. The minimum atomic E-state index is -4.96. The molecule has 0 amide bonds. The molecular formula is C48H65O14P. The van der Waals surface area contributed by atoms with Gasteiger partial charge in [0.05, 0.1) is 29.9 Å². The number of carbonyl (C=O) groups is 4. The summed E-state index contributed by atoms with van der Waals surface area (Å²) >= 11 is 0. The normalized spacial score (nSPS) is 19.9. The van der Waals surface area contributed by atoms with Crippen LogP contribution in [0.2, 0.25) is 0 Å². The highest BCUT2D eigenvalue weighted by Crippen LogP contribution is 2.52. The Morgan fingerprint density at radius 2 is 0.952 bits per heavy atom. The summed E-state index contributed by atoms with van der Waals surface area (Å²) in [6.07, 6.45) is 6.04. The smallest absolute Gasteiger partial charge is 0.440 e. The number of ether oxygens (including phenoxy) is 5. The maximum atomic E-state index is 14.1. The molecule has 4 rings (SSSR count). The van der Waals surface area contributed by atoms with Gasteiger partial charge in [-0.05, 0) is 49.7 Å². The molecule has 0 aromatic heterocycles. The zero-order valence-electron chi connectivity index (χ0n) is 36.6. The topological polar surface area (TPSA) is 190 Å². The van der Waals surface area contributed by atoms with Crippen LogP contribution in [0.3, 0.4) is 0 Å². The van der Waals surface area contributed by atoms with E-state index in [9.17, 15) is 34.0 Å². The summed E-state index contributed by atoms with van der Waals surface area (Å²) in [7, 11) is -4.96. The minimum Gasteiger partial charge on any atom is -0.457 e. The molecule has 15 heteroatoms. The molecule has 2 N–H and O–H groups in total. The van der Waals surface area contributed by atoms with E-state index in [1.165, 1.54) is 114 Å². The van der Waals surface area contributed by atoms with Gasteiger partial charge in [0.2, 0.25) is 0 Å². The second-order valence-corrected chi connectivity index (χ2v) is 17.4. The van der Waals surface area contributed by atoms with E-state index in [1.807, 2.05) is 0 Å². The molecule has 3 aromatic rings. The Hall–Kier alpha value is -4.43. The van der Waals surface area contributed by atoms with Crippen molar-refractivity contribution in [2.45, 2.75) is 154 Å². The van der Waals surface area contributed by atoms with Gasteiger partial charge in [0.1, 0.15) is 0 Å². The third kappa shape index (κ3) is 17.2. The first kappa shape index (κ1) is 51.2. The molecule has 3 aromatic carbocycles. The van der Waals surface area contributed by atoms with Crippen molar-refractivity contribution in [2.24, 2.45) is 0 Å². The first-order valence-corrected chi connectivity index (χ1v) is 24.0. The van der Waals surface area contributed by atoms with Crippen molar-refractivity contribution < 1.29 is 66.7 Å². The van der Waals surface area contributed by atoms with Gasteiger partial charge in [-0.3, -0.25) is 4.52 Å². The van der Waals surface area contributed by atoms with E-state index < -0.39 is 68.2 Å². The summed E-state index contributed by atoms with van der Waals surface area (Å²) in [5.74, 6) is -2.94. The van der Waals surface area contributed by atoms with Crippen molar-refractivity contribution in [3.63, 3.8) is 0 Å². The van der Waals surface area contributed by atoms with Gasteiger partial charge in [0.25, 0.3) is 0 Å². The number of esters is 3. The molecule has 0 spiro atoms. The molecule has 0 saturated carbocycles. The van der Waals surface area contributed by atoms with E-state index in [0.717, 1.165) is 25.7 Å². The van der Waals surface area contributed by atoms with Crippen LogP contribution in [0.4, 0.5) is 4.79 Å². The van der Waals surface area contributed by atoms with E-state index in [1.54, 1.807) is 54.6 Å². The lowest BCUT2D eigenvalue weighted by atomic mass is 9.97. The first-order valence-electron chi connectivity index (χ1n) is 22.5. The summed E-state index contributed by atoms with van der Waals surface area (Å²) in [6.45, 7) is 3.33. The molecule has 7 atom stereocenters. The van der Waals surface area contributed by atoms with E-state index in [4.69, 9.17) is 32.7 Å². The number of carbonyl (C=O) groups excluding carboxylic acids is 4. The molecule has 63 heavy (non-hydrogen) atoms. The van der Waals surface area contributed by atoms with Crippen LogP contribution in [0.5, 0.6) is 0 Å². The monoisotopic (exact) mass is 896 g/mol. The van der Waals surface area contributed by atoms with Gasteiger partial charge < -0.3 is 38.4 Å². The predicted octanol–water partition coefficient (Wildman–Crippen LogP) is 10.3. The van der Waals surface area contributed by atoms with Gasteiger partial charge in [0.15, 0.2) is 37.0 Å². The van der Waals surface area contributed by atoms with Crippen LogP contribution in [-0.2, 0) is 37.3 Å². The number of hydrogen-bond donors (Lipinski definition) is 2. The first-order chi connectivity index (χ1) is 30.6. The van der Waals surface area contributed by atoms with Crippen LogP contribution in [0.15, 0.2) is 91.0 Å². The predicted molar refractivity (Wildman–Crippen MR) is 235 cm³/mol. The van der Waals surface area contributed by atoms with E-state index in [0.29, 0.717) is 6.42 Å². The van der Waals surface area contributed by atoms with E-state index in [-0.39, 0.29) is 29.9 Å². The highest BCUT2D eigenvalue weighted by atomic mass is 31.2. The quantitative estimate of drug-likeness (QED) is 0.0220. The van der Waals surface area contributed by atoms with Crippen molar-refractivity contribution in [1.82, 2.24) is 0 Å². The Morgan fingerprint density at radius 3 is 1.37 bits per heavy atom. The zero-order chi connectivity index (χ0) is 45.3. The van der Waals surface area contributed by atoms with Crippen LogP contribution in [0.25, 0.3) is 0 Å². The molecule has 14 nitrogen and oxygen atoms in total. The lowest BCUT2D eigenvalue weighted by Gasteiger charge is -2.44. The van der Waals surface area contributed by atoms with Crippen LogP contribution in [0.1, 0.15) is 148 Å². The number of aliphatic hydroxyl groups is 2. The summed E-state index contributed by atoms with van der Waals surface area (Å²) in [5.41, 5.74) is -1.25. The lowest BCUT2D eigenvalue weighted by Crippen LogP contribution is -2.64. The summed E-state index contributed by atoms with van der Waals surface area (Å²) < 4.78 is 53.1. The summed E-state index contributed by atoms with van der Waals surface area (Å²) in [5, 5.41) is 23.0. The molecule has 1 heterocycles. The van der Waals surface area contributed by atoms with Crippen LogP contribution >= 0.6 is 7.60 Å². The molecule has 0 bridgehead atoms. The zero-order valence-corrected chi connectivity index (χ0v) is 37.5. The van der Waals surface area contributed by atoms with Crippen molar-refractivity contribution in [2.75, 3.05) is 13.2 Å². The van der Waals surface area contributed by atoms with Crippen molar-refractivity contribution >= 4 is 31.2 Å². The standard InChI is InChI=1S/C48H65O14P/c1-3-5-6-7-8-9-10-11-12-13-14-15-16-17-18-28-35-57-63(55,48(54)56-4-2)62-47(53)42-40(59-44(50)37-31-24-20-25-32-37)39(58-43(49)36-29-22-19-23-30-36)41(46(52)61-42)60-45(51)38-33-26-21-27-34-38/h19-27,29-34,39-42,46-47,52-53H,3-18,28,35H2,1-2H3/t39-,40-,41+,42-,46-,47?,63?/m0/s1. The highest BCUT2D eigenvalue weighted by Gasteiger charge is 2.56. The van der Waals surface area contributed by atoms with Crippen LogP contribution in [-0.4, -0.2) is 84.0 Å². The number of unbranched alkanes of at least 4 members (excludes halogenated alkanes) is 15. The van der Waals surface area contributed by atoms with Crippen molar-refractivity contribution in [3.05, 3.63) is 108 Å². The summed E-state index contributed by atoms with van der Waals surface area (Å²) in [4.78, 5) is 53.6. The molecule has 346 valence electrons.